The number of hydrogen-bond donors (Lipinski definition) is 2. The summed E-state index contributed by atoms with van der Waals surface area (Å²) in [5, 5.41) is 13.1. The van der Waals surface area contributed by atoms with Crippen molar-refractivity contribution >= 4 is 40.9 Å². The van der Waals surface area contributed by atoms with Gasteiger partial charge in [-0.25, -0.2) is 14.4 Å². The molecule has 0 bridgehead atoms. The molecule has 2 N–H and O–H groups in total. The van der Waals surface area contributed by atoms with Crippen LogP contribution in [0.1, 0.15) is 48.2 Å². The van der Waals surface area contributed by atoms with Crippen LogP contribution in [0.25, 0.3) is 22.0 Å². The zero-order chi connectivity index (χ0) is 35.5. The highest BCUT2D eigenvalue weighted by Gasteiger charge is 2.30. The van der Waals surface area contributed by atoms with Crippen LogP contribution in [0.3, 0.4) is 0 Å². The Labute approximate surface area is 284 Å². The second kappa shape index (κ2) is 14.2. The Morgan fingerprint density at radius 1 is 0.857 bits per heavy atom. The third-order valence-corrected chi connectivity index (χ3v) is 8.30. The second-order valence-corrected chi connectivity index (χ2v) is 13.1. The van der Waals surface area contributed by atoms with E-state index >= 15 is 0 Å². The number of hydrogen-bond acceptors (Lipinski definition) is 7. The lowest BCUT2D eigenvalue weighted by molar-refractivity contribution is -0.139. The van der Waals surface area contributed by atoms with E-state index in [1.807, 2.05) is 48.5 Å². The summed E-state index contributed by atoms with van der Waals surface area (Å²) in [5.74, 6) is -2.38. The summed E-state index contributed by atoms with van der Waals surface area (Å²) in [6.07, 6.45) is -0.143. The van der Waals surface area contributed by atoms with Crippen LogP contribution in [0, 0.1) is 0 Å². The number of amides is 3. The van der Waals surface area contributed by atoms with E-state index in [0.717, 1.165) is 27.2 Å². The molecule has 0 saturated carbocycles. The average Bonchev–Trinajstić information content (AvgIpc) is 3.58. The van der Waals surface area contributed by atoms with Gasteiger partial charge in [0.2, 0.25) is 5.91 Å². The average molecular weight is 669 g/mol. The number of ether oxygens (including phenoxy) is 2. The summed E-state index contributed by atoms with van der Waals surface area (Å²) in [5.41, 5.74) is 4.51. The first-order valence-corrected chi connectivity index (χ1v) is 15.9. The van der Waals surface area contributed by atoms with Crippen LogP contribution < -0.4 is 5.32 Å². The third-order valence-electron chi connectivity index (χ3n) is 8.30. The van der Waals surface area contributed by atoms with E-state index in [1.54, 1.807) is 45.0 Å². The first-order chi connectivity index (χ1) is 23.2. The molecule has 1 aliphatic carbocycles. The van der Waals surface area contributed by atoms with Crippen molar-refractivity contribution in [3.8, 4) is 11.1 Å². The molecule has 0 radical (unpaired) electrons. The van der Waals surface area contributed by atoms with Gasteiger partial charge in [-0.3, -0.25) is 14.2 Å². The van der Waals surface area contributed by atoms with E-state index in [2.05, 4.69) is 5.32 Å². The maximum atomic E-state index is 13.4. The summed E-state index contributed by atoms with van der Waals surface area (Å²) >= 11 is 0. The number of carboxylic acid groups (broad SMARTS) is 1. The highest BCUT2D eigenvalue weighted by Crippen LogP contribution is 2.44. The standard InChI is InChI=1S/C37H40N4O8/c1-37(2,3)49-36(47)40(5)20-32(42)39(4)21-33(43)41-19-23(24-12-10-11-17-31(24)41)18-30(34(44)45)38-35(46)48-22-29-27-15-8-6-13-25(27)26-14-7-9-16-28(26)29/h6-17,19,29-30H,18,20-22H2,1-5H3,(H,38,46)(H,44,45)/t30-/m0/s1. The van der Waals surface area contributed by atoms with Gasteiger partial charge in [0.15, 0.2) is 0 Å². The summed E-state index contributed by atoms with van der Waals surface area (Å²) in [6.45, 7) is 4.59. The zero-order valence-corrected chi connectivity index (χ0v) is 28.1. The van der Waals surface area contributed by atoms with Crippen molar-refractivity contribution in [2.45, 2.75) is 44.8 Å². The summed E-state index contributed by atoms with van der Waals surface area (Å²) in [7, 11) is 2.89. The van der Waals surface area contributed by atoms with Crippen LogP contribution in [-0.2, 0) is 25.5 Å². The third kappa shape index (κ3) is 7.91. The summed E-state index contributed by atoms with van der Waals surface area (Å²) in [6, 6.07) is 21.4. The van der Waals surface area contributed by atoms with Gasteiger partial charge in [-0.2, -0.15) is 0 Å². The predicted octanol–water partition coefficient (Wildman–Crippen LogP) is 5.14. The van der Waals surface area contributed by atoms with Crippen molar-refractivity contribution in [1.82, 2.24) is 19.7 Å². The second-order valence-electron chi connectivity index (χ2n) is 13.1. The lowest BCUT2D eigenvalue weighted by Gasteiger charge is -2.25. The SMILES string of the molecule is CN(CC(=O)n1cc(C[C@H](NC(=O)OCC2c3ccccc3-c3ccccc32)C(=O)O)c2ccccc21)C(=O)CN(C)C(=O)OC(C)(C)C. The predicted molar refractivity (Wildman–Crippen MR) is 182 cm³/mol. The number of carboxylic acids is 1. The number of nitrogens with zero attached hydrogens (tertiary/aromatic N) is 3. The largest absolute Gasteiger partial charge is 0.480 e. The van der Waals surface area contributed by atoms with Gasteiger partial charge in [-0.05, 0) is 54.7 Å². The fourth-order valence-electron chi connectivity index (χ4n) is 5.92. The van der Waals surface area contributed by atoms with E-state index in [1.165, 1.54) is 29.8 Å². The number of carbonyl (C=O) groups excluding carboxylic acids is 4. The molecule has 0 aliphatic heterocycles. The van der Waals surface area contributed by atoms with E-state index in [4.69, 9.17) is 9.47 Å². The molecule has 1 heterocycles. The molecule has 12 nitrogen and oxygen atoms in total. The molecule has 3 aromatic carbocycles. The molecule has 1 aliphatic rings. The molecule has 0 saturated heterocycles. The Kier molecular flexibility index (Phi) is 10.1. The minimum absolute atomic E-state index is 0.0276. The van der Waals surface area contributed by atoms with Crippen molar-refractivity contribution < 1.29 is 38.6 Å². The van der Waals surface area contributed by atoms with Gasteiger partial charge in [0.1, 0.15) is 31.3 Å². The minimum atomic E-state index is -1.35. The highest BCUT2D eigenvalue weighted by atomic mass is 16.6. The van der Waals surface area contributed by atoms with Gasteiger partial charge in [0.05, 0.1) is 5.52 Å². The van der Waals surface area contributed by atoms with Crippen molar-refractivity contribution in [1.29, 1.82) is 0 Å². The molecule has 0 fully saturated rings. The molecule has 12 heteroatoms. The maximum Gasteiger partial charge on any atom is 0.410 e. The molecule has 49 heavy (non-hydrogen) atoms. The molecule has 0 spiro atoms. The molecule has 1 aromatic heterocycles. The molecular weight excluding hydrogens is 628 g/mol. The monoisotopic (exact) mass is 668 g/mol. The van der Waals surface area contributed by atoms with Crippen LogP contribution >= 0.6 is 0 Å². The number of carbonyl (C=O) groups is 5. The summed E-state index contributed by atoms with van der Waals surface area (Å²) in [4.78, 5) is 66.2. The van der Waals surface area contributed by atoms with Crippen molar-refractivity contribution in [3.05, 3.63) is 95.7 Å². The number of aromatic nitrogens is 1. The topological polar surface area (TPSA) is 147 Å². The van der Waals surface area contributed by atoms with Gasteiger partial charge < -0.3 is 29.7 Å². The number of aliphatic carboxylic acids is 1. The number of rotatable bonds is 10. The van der Waals surface area contributed by atoms with E-state index in [-0.39, 0.29) is 32.0 Å². The Morgan fingerprint density at radius 2 is 1.45 bits per heavy atom. The normalized spacial score (nSPS) is 12.8. The Bertz CT molecular complexity index is 1860. The minimum Gasteiger partial charge on any atom is -0.480 e. The van der Waals surface area contributed by atoms with Crippen molar-refractivity contribution in [3.63, 3.8) is 0 Å². The molecule has 5 rings (SSSR count). The first kappa shape index (κ1) is 34.7. The van der Waals surface area contributed by atoms with E-state index < -0.39 is 41.6 Å². The Morgan fingerprint density at radius 3 is 2.06 bits per heavy atom. The molecule has 4 aromatic rings. The number of benzene rings is 3. The number of alkyl carbamates (subject to hydrolysis) is 1. The van der Waals surface area contributed by atoms with Gasteiger partial charge in [-0.15, -0.1) is 0 Å². The highest BCUT2D eigenvalue weighted by molar-refractivity contribution is 5.97. The van der Waals surface area contributed by atoms with Gasteiger partial charge in [-0.1, -0.05) is 66.7 Å². The maximum absolute atomic E-state index is 13.4. The van der Waals surface area contributed by atoms with Gasteiger partial charge >= 0.3 is 18.2 Å². The number of fused-ring (bicyclic) bond motifs is 4. The molecule has 256 valence electrons. The van der Waals surface area contributed by atoms with Crippen LogP contribution in [0.5, 0.6) is 0 Å². The van der Waals surface area contributed by atoms with Crippen molar-refractivity contribution in [2.75, 3.05) is 33.8 Å². The zero-order valence-electron chi connectivity index (χ0n) is 28.1. The first-order valence-electron chi connectivity index (χ1n) is 15.9. The van der Waals surface area contributed by atoms with E-state index in [0.29, 0.717) is 16.5 Å². The van der Waals surface area contributed by atoms with Crippen LogP contribution in [0.2, 0.25) is 0 Å². The fraction of sp³-hybridized carbons (Fsp3) is 0.324. The number of para-hydroxylation sites is 1. The smallest absolute Gasteiger partial charge is 0.410 e. The van der Waals surface area contributed by atoms with Crippen molar-refractivity contribution in [2.24, 2.45) is 0 Å². The lowest BCUT2D eigenvalue weighted by atomic mass is 9.98. The van der Waals surface area contributed by atoms with Gasteiger partial charge in [0.25, 0.3) is 5.91 Å². The number of nitrogens with one attached hydrogen (secondary N) is 1. The van der Waals surface area contributed by atoms with Crippen LogP contribution in [0.4, 0.5) is 9.59 Å². The number of likely N-dealkylation sites (N-methyl/N-ethyl adjacent to an activating group) is 2. The fourth-order valence-corrected chi connectivity index (χ4v) is 5.92. The molecule has 0 unspecified atom stereocenters. The van der Waals surface area contributed by atoms with Gasteiger partial charge in [0, 0.05) is 38.0 Å². The molecule has 1 atom stereocenters. The Balaban J connectivity index is 1.24. The van der Waals surface area contributed by atoms with E-state index in [9.17, 15) is 29.1 Å². The van der Waals surface area contributed by atoms with Crippen LogP contribution in [-0.4, -0.2) is 94.9 Å². The quantitative estimate of drug-likeness (QED) is 0.236. The Hall–Kier alpha value is -5.65. The lowest BCUT2D eigenvalue weighted by Crippen LogP contribution is -2.43. The molecular formula is C37H40N4O8. The molecule has 3 amide bonds. The summed E-state index contributed by atoms with van der Waals surface area (Å²) < 4.78 is 12.2. The van der Waals surface area contributed by atoms with Crippen LogP contribution in [0.15, 0.2) is 79.0 Å².